The maximum absolute atomic E-state index is 13.0. The number of alkyl halides is 3. The fraction of sp³-hybridized carbons (Fsp3) is 0.500. The summed E-state index contributed by atoms with van der Waals surface area (Å²) in [5, 5.41) is 12.2. The van der Waals surface area contributed by atoms with Gasteiger partial charge in [-0.2, -0.15) is 0 Å². The van der Waals surface area contributed by atoms with Gasteiger partial charge in [-0.25, -0.2) is 9.59 Å². The minimum absolute atomic E-state index is 0.294. The molecule has 0 spiro atoms. The van der Waals surface area contributed by atoms with Crippen molar-refractivity contribution in [2.75, 3.05) is 18.4 Å². The summed E-state index contributed by atoms with van der Waals surface area (Å²) in [5.41, 5.74) is -0.115. The topological polar surface area (TPSA) is 88.1 Å². The van der Waals surface area contributed by atoms with E-state index in [-0.39, 0.29) is 11.8 Å². The van der Waals surface area contributed by atoms with Gasteiger partial charge in [0.15, 0.2) is 0 Å². The Balaban J connectivity index is 2.06. The van der Waals surface area contributed by atoms with Crippen molar-refractivity contribution in [3.05, 3.63) is 54.1 Å². The van der Waals surface area contributed by atoms with E-state index < -0.39 is 17.9 Å². The summed E-state index contributed by atoms with van der Waals surface area (Å²) in [5.74, 6) is -0.979. The number of carbonyl (C=O) groups is 2. The number of rotatable bonds is 15. The molecule has 0 fully saturated rings. The molecule has 2 aromatic rings. The lowest BCUT2D eigenvalue weighted by Crippen LogP contribution is -2.40. The molecule has 38 heavy (non-hydrogen) atoms. The Morgan fingerprint density at radius 2 is 1.61 bits per heavy atom. The van der Waals surface area contributed by atoms with E-state index in [2.05, 4.69) is 17.0 Å². The first-order chi connectivity index (χ1) is 18.0. The molecule has 2 amide bonds. The first kappa shape index (κ1) is 30.8. The SMILES string of the molecule is CCCCCCCN(CCc1cccc(O[C@@](C)(CC)C(=O)O)c1)C(=O)Nc1ccc(OC(F)(F)F)cc1. The van der Waals surface area contributed by atoms with Gasteiger partial charge in [0.2, 0.25) is 5.60 Å². The number of anilines is 1. The van der Waals surface area contributed by atoms with Gasteiger partial charge in [-0.05, 0) is 68.1 Å². The normalized spacial score (nSPS) is 12.9. The van der Waals surface area contributed by atoms with Crippen molar-refractivity contribution < 1.29 is 37.3 Å². The van der Waals surface area contributed by atoms with E-state index in [9.17, 15) is 27.9 Å². The van der Waals surface area contributed by atoms with Gasteiger partial charge in [0.25, 0.3) is 0 Å². The zero-order valence-corrected chi connectivity index (χ0v) is 22.1. The second kappa shape index (κ2) is 14.5. The Morgan fingerprint density at radius 1 is 0.921 bits per heavy atom. The summed E-state index contributed by atoms with van der Waals surface area (Å²) in [6, 6.07) is 11.8. The highest BCUT2D eigenvalue weighted by atomic mass is 19.4. The van der Waals surface area contributed by atoms with Crippen LogP contribution < -0.4 is 14.8 Å². The van der Waals surface area contributed by atoms with Crippen LogP contribution in [-0.2, 0) is 11.2 Å². The fourth-order valence-corrected chi connectivity index (χ4v) is 3.72. The molecule has 0 aliphatic heterocycles. The first-order valence-corrected chi connectivity index (χ1v) is 12.9. The smallest absolute Gasteiger partial charge is 0.478 e. The van der Waals surface area contributed by atoms with Crippen LogP contribution in [0.2, 0.25) is 0 Å². The number of hydrogen-bond donors (Lipinski definition) is 2. The Morgan fingerprint density at radius 3 is 2.21 bits per heavy atom. The lowest BCUT2D eigenvalue weighted by Gasteiger charge is -2.25. The third kappa shape index (κ3) is 10.5. The number of hydrogen-bond acceptors (Lipinski definition) is 4. The number of nitrogens with one attached hydrogen (secondary N) is 1. The molecule has 0 radical (unpaired) electrons. The Hall–Kier alpha value is -3.43. The van der Waals surface area contributed by atoms with Gasteiger partial charge < -0.3 is 24.8 Å². The molecule has 210 valence electrons. The van der Waals surface area contributed by atoms with Crippen LogP contribution in [0.3, 0.4) is 0 Å². The molecule has 2 rings (SSSR count). The average molecular weight is 539 g/mol. The van der Waals surface area contributed by atoms with Crippen LogP contribution in [-0.4, -0.2) is 47.1 Å². The van der Waals surface area contributed by atoms with Crippen molar-refractivity contribution in [1.82, 2.24) is 4.90 Å². The Kier molecular flexibility index (Phi) is 11.7. The number of ether oxygens (including phenoxy) is 2. The van der Waals surface area contributed by atoms with Crippen molar-refractivity contribution in [3.63, 3.8) is 0 Å². The lowest BCUT2D eigenvalue weighted by molar-refractivity contribution is -0.274. The number of carboxylic acid groups (broad SMARTS) is 1. The van der Waals surface area contributed by atoms with E-state index in [4.69, 9.17) is 4.74 Å². The molecular weight excluding hydrogens is 501 g/mol. The van der Waals surface area contributed by atoms with Crippen LogP contribution in [0.5, 0.6) is 11.5 Å². The molecule has 0 saturated heterocycles. The van der Waals surface area contributed by atoms with E-state index in [1.54, 1.807) is 30.0 Å². The van der Waals surface area contributed by atoms with E-state index >= 15 is 0 Å². The van der Waals surface area contributed by atoms with Crippen LogP contribution in [0, 0.1) is 0 Å². The quantitative estimate of drug-likeness (QED) is 0.233. The highest BCUT2D eigenvalue weighted by Gasteiger charge is 2.33. The first-order valence-electron chi connectivity index (χ1n) is 12.9. The minimum atomic E-state index is -4.79. The molecule has 1 atom stereocenters. The summed E-state index contributed by atoms with van der Waals surface area (Å²) < 4.78 is 46.8. The molecular formula is C28H37F3N2O5. The number of benzene rings is 2. The van der Waals surface area contributed by atoms with Crippen molar-refractivity contribution >= 4 is 17.7 Å². The number of unbranched alkanes of at least 4 members (excludes halogenated alkanes) is 4. The van der Waals surface area contributed by atoms with Crippen LogP contribution in [0.1, 0.15) is 64.9 Å². The van der Waals surface area contributed by atoms with Crippen molar-refractivity contribution in [3.8, 4) is 11.5 Å². The molecule has 2 N–H and O–H groups in total. The molecule has 0 saturated carbocycles. The third-order valence-corrected chi connectivity index (χ3v) is 6.20. The lowest BCUT2D eigenvalue weighted by atomic mass is 10.0. The van der Waals surface area contributed by atoms with Gasteiger partial charge in [0.05, 0.1) is 0 Å². The number of carbonyl (C=O) groups excluding carboxylic acids is 1. The second-order valence-electron chi connectivity index (χ2n) is 9.29. The van der Waals surface area contributed by atoms with Gasteiger partial charge >= 0.3 is 18.4 Å². The maximum atomic E-state index is 13.0. The number of nitrogens with zero attached hydrogens (tertiary/aromatic N) is 1. The molecule has 0 aliphatic rings. The zero-order chi connectivity index (χ0) is 28.2. The van der Waals surface area contributed by atoms with E-state index in [0.717, 1.165) is 49.8 Å². The van der Waals surface area contributed by atoms with Crippen molar-refractivity contribution in [1.29, 1.82) is 0 Å². The zero-order valence-electron chi connectivity index (χ0n) is 22.1. The van der Waals surface area contributed by atoms with Crippen LogP contribution in [0.25, 0.3) is 0 Å². The number of amides is 2. The maximum Gasteiger partial charge on any atom is 0.573 e. The van der Waals surface area contributed by atoms with Gasteiger partial charge in [-0.15, -0.1) is 13.2 Å². The Bertz CT molecular complexity index is 1030. The van der Waals surface area contributed by atoms with Gasteiger partial charge in [-0.3, -0.25) is 0 Å². The van der Waals surface area contributed by atoms with Gasteiger partial charge in [-0.1, -0.05) is 51.7 Å². The van der Waals surface area contributed by atoms with Crippen LogP contribution in [0.15, 0.2) is 48.5 Å². The fourth-order valence-electron chi connectivity index (χ4n) is 3.72. The molecule has 0 bridgehead atoms. The summed E-state index contributed by atoms with van der Waals surface area (Å²) in [7, 11) is 0. The molecule has 0 unspecified atom stereocenters. The van der Waals surface area contributed by atoms with Gasteiger partial charge in [0.1, 0.15) is 11.5 Å². The summed E-state index contributed by atoms with van der Waals surface area (Å²) >= 11 is 0. The molecule has 0 aliphatic carbocycles. The molecule has 0 aromatic heterocycles. The molecule has 2 aromatic carbocycles. The highest BCUT2D eigenvalue weighted by molar-refractivity contribution is 5.89. The monoisotopic (exact) mass is 538 g/mol. The molecule has 7 nitrogen and oxygen atoms in total. The number of halogens is 3. The standard InChI is InChI=1S/C28H37F3N2O5/c1-4-6-7-8-9-18-33(26(36)32-22-13-15-23(16-14-22)38-28(29,30)31)19-17-21-11-10-12-24(20-21)37-27(3,5-2)25(34)35/h10-16,20H,4-9,17-19H2,1-3H3,(H,32,36)(H,34,35)/t27-/m0/s1. The predicted molar refractivity (Wildman–Crippen MR) is 140 cm³/mol. The van der Waals surface area contributed by atoms with Crippen LogP contribution >= 0.6 is 0 Å². The van der Waals surface area contributed by atoms with E-state index in [0.29, 0.717) is 37.4 Å². The van der Waals surface area contributed by atoms with Gasteiger partial charge in [0, 0.05) is 18.8 Å². The summed E-state index contributed by atoms with van der Waals surface area (Å²) in [4.78, 5) is 26.3. The van der Waals surface area contributed by atoms with E-state index in [1.807, 2.05) is 6.07 Å². The second-order valence-corrected chi connectivity index (χ2v) is 9.29. The number of urea groups is 1. The van der Waals surface area contributed by atoms with Crippen molar-refractivity contribution in [2.45, 2.75) is 77.7 Å². The molecule has 0 heterocycles. The summed E-state index contributed by atoms with van der Waals surface area (Å²) in [6.45, 7) is 6.30. The average Bonchev–Trinajstić information content (AvgIpc) is 2.86. The number of aliphatic carboxylic acids is 1. The Labute approximate surface area is 221 Å². The minimum Gasteiger partial charge on any atom is -0.478 e. The summed E-state index contributed by atoms with van der Waals surface area (Å²) in [6.07, 6.45) is 1.12. The predicted octanol–water partition coefficient (Wildman–Crippen LogP) is 7.26. The third-order valence-electron chi connectivity index (χ3n) is 6.20. The van der Waals surface area contributed by atoms with Crippen LogP contribution in [0.4, 0.5) is 23.7 Å². The largest absolute Gasteiger partial charge is 0.573 e. The van der Waals surface area contributed by atoms with E-state index in [1.165, 1.54) is 19.1 Å². The number of carboxylic acids is 1. The van der Waals surface area contributed by atoms with Crippen molar-refractivity contribution in [2.24, 2.45) is 0 Å². The highest BCUT2D eigenvalue weighted by Crippen LogP contribution is 2.25. The molecule has 10 heteroatoms.